The second-order valence-electron chi connectivity index (χ2n) is 7.30. The molecular formula is C22H25FN4O2. The average molecular weight is 396 g/mol. The summed E-state index contributed by atoms with van der Waals surface area (Å²) in [6, 6.07) is 11.4. The minimum absolute atomic E-state index is 0.235. The molecule has 0 saturated carbocycles. The van der Waals surface area contributed by atoms with Crippen molar-refractivity contribution in [3.05, 3.63) is 58.6 Å². The third-order valence-electron chi connectivity index (χ3n) is 4.76. The Hall–Kier alpha value is -3.19. The van der Waals surface area contributed by atoms with E-state index in [0.717, 1.165) is 6.54 Å². The van der Waals surface area contributed by atoms with Gasteiger partial charge in [-0.1, -0.05) is 24.3 Å². The van der Waals surface area contributed by atoms with Crippen LogP contribution in [0.25, 0.3) is 21.9 Å². The van der Waals surface area contributed by atoms with Gasteiger partial charge in [0.1, 0.15) is 11.6 Å². The van der Waals surface area contributed by atoms with Gasteiger partial charge in [-0.05, 0) is 50.6 Å². The Morgan fingerprint density at radius 3 is 2.55 bits per heavy atom. The summed E-state index contributed by atoms with van der Waals surface area (Å²) in [6.07, 6.45) is 0.713. The Bertz CT molecular complexity index is 1120. The van der Waals surface area contributed by atoms with E-state index in [1.54, 1.807) is 36.4 Å². The summed E-state index contributed by atoms with van der Waals surface area (Å²) in [5.74, 6) is -0.413. The number of hydrogen-bond donors (Lipinski definition) is 2. The monoisotopic (exact) mass is 396 g/mol. The predicted octanol–water partition coefficient (Wildman–Crippen LogP) is 3.30. The molecule has 0 bridgehead atoms. The normalized spacial score (nSPS) is 11.2. The van der Waals surface area contributed by atoms with Crippen LogP contribution in [-0.4, -0.2) is 36.0 Å². The molecule has 0 spiro atoms. The molecule has 0 atom stereocenters. The fourth-order valence-electron chi connectivity index (χ4n) is 3.46. The fraction of sp³-hybridized carbons (Fsp3) is 0.273. The maximum atomic E-state index is 14.6. The molecule has 0 saturated heterocycles. The molecule has 1 aromatic heterocycles. The number of pyridine rings is 1. The molecular weight excluding hydrogens is 371 g/mol. The lowest BCUT2D eigenvalue weighted by atomic mass is 9.98. The molecule has 0 aliphatic heterocycles. The number of fused-ring (bicyclic) bond motifs is 1. The average Bonchev–Trinajstić information content (AvgIpc) is 2.65. The molecule has 0 aliphatic carbocycles. The molecule has 6 nitrogen and oxygen atoms in total. The molecule has 2 aromatic carbocycles. The molecule has 3 aromatic rings. The molecule has 1 heterocycles. The lowest BCUT2D eigenvalue weighted by Crippen LogP contribution is -2.26. The van der Waals surface area contributed by atoms with Crippen molar-refractivity contribution in [2.75, 3.05) is 31.7 Å². The standard InChI is InChI=1S/C22H25FN4O2/c1-14(28)25-15-9-10-16-18(13-15)22(29)27(12-6-11-26(2)3)21(24)20(16)17-7-4-5-8-19(17)23/h4-5,7-10,13H,6,11-12,24H2,1-3H3,(H,25,28). The van der Waals surface area contributed by atoms with Crippen molar-refractivity contribution in [1.29, 1.82) is 0 Å². The number of aromatic nitrogens is 1. The lowest BCUT2D eigenvalue weighted by molar-refractivity contribution is -0.114. The van der Waals surface area contributed by atoms with Crippen molar-refractivity contribution in [3.8, 4) is 11.1 Å². The number of halogens is 1. The number of nitrogens with one attached hydrogen (secondary N) is 1. The van der Waals surface area contributed by atoms with Crippen molar-refractivity contribution in [2.45, 2.75) is 19.9 Å². The van der Waals surface area contributed by atoms with Gasteiger partial charge in [-0.15, -0.1) is 0 Å². The van der Waals surface area contributed by atoms with Crippen LogP contribution in [0.1, 0.15) is 13.3 Å². The fourth-order valence-corrected chi connectivity index (χ4v) is 3.46. The molecule has 0 aliphatic rings. The first-order chi connectivity index (χ1) is 13.8. The second-order valence-corrected chi connectivity index (χ2v) is 7.30. The van der Waals surface area contributed by atoms with E-state index in [1.165, 1.54) is 17.6 Å². The molecule has 152 valence electrons. The smallest absolute Gasteiger partial charge is 0.260 e. The topological polar surface area (TPSA) is 80.4 Å². The van der Waals surface area contributed by atoms with E-state index in [9.17, 15) is 14.0 Å². The van der Waals surface area contributed by atoms with Crippen LogP contribution in [0.15, 0.2) is 47.3 Å². The summed E-state index contributed by atoms with van der Waals surface area (Å²) in [6.45, 7) is 2.59. The van der Waals surface area contributed by atoms with Gasteiger partial charge >= 0.3 is 0 Å². The van der Waals surface area contributed by atoms with Crippen LogP contribution in [0.5, 0.6) is 0 Å². The third kappa shape index (κ3) is 4.30. The first kappa shape index (κ1) is 20.5. The van der Waals surface area contributed by atoms with Crippen molar-refractivity contribution in [1.82, 2.24) is 9.47 Å². The maximum absolute atomic E-state index is 14.6. The van der Waals surface area contributed by atoms with E-state index in [2.05, 4.69) is 5.32 Å². The largest absolute Gasteiger partial charge is 0.384 e. The number of nitrogen functional groups attached to an aromatic ring is 1. The Labute approximate surface area is 168 Å². The minimum Gasteiger partial charge on any atom is -0.384 e. The number of nitrogens with zero attached hydrogens (tertiary/aromatic N) is 2. The van der Waals surface area contributed by atoms with E-state index >= 15 is 0 Å². The van der Waals surface area contributed by atoms with Crippen LogP contribution in [0, 0.1) is 5.82 Å². The van der Waals surface area contributed by atoms with Gasteiger partial charge in [-0.25, -0.2) is 4.39 Å². The second kappa shape index (κ2) is 8.45. The van der Waals surface area contributed by atoms with Crippen LogP contribution < -0.4 is 16.6 Å². The number of benzene rings is 2. The highest BCUT2D eigenvalue weighted by atomic mass is 19.1. The van der Waals surface area contributed by atoms with E-state index in [-0.39, 0.29) is 17.3 Å². The van der Waals surface area contributed by atoms with Crippen LogP contribution in [0.3, 0.4) is 0 Å². The molecule has 1 amide bonds. The number of rotatable bonds is 6. The number of amides is 1. The number of hydrogen-bond acceptors (Lipinski definition) is 4. The van der Waals surface area contributed by atoms with Gasteiger partial charge in [0.25, 0.3) is 5.56 Å². The number of anilines is 2. The van der Waals surface area contributed by atoms with Crippen molar-refractivity contribution in [2.24, 2.45) is 0 Å². The lowest BCUT2D eigenvalue weighted by Gasteiger charge is -2.19. The van der Waals surface area contributed by atoms with Crippen molar-refractivity contribution in [3.63, 3.8) is 0 Å². The number of carbonyl (C=O) groups excluding carboxylic acids is 1. The van der Waals surface area contributed by atoms with Gasteiger partial charge < -0.3 is 16.0 Å². The zero-order valence-electron chi connectivity index (χ0n) is 16.8. The molecule has 7 heteroatoms. The molecule has 3 N–H and O–H groups in total. The highest BCUT2D eigenvalue weighted by Crippen LogP contribution is 2.35. The Morgan fingerprint density at radius 2 is 1.90 bits per heavy atom. The summed E-state index contributed by atoms with van der Waals surface area (Å²) >= 11 is 0. The Morgan fingerprint density at radius 1 is 1.17 bits per heavy atom. The van der Waals surface area contributed by atoms with Gasteiger partial charge in [0.2, 0.25) is 5.91 Å². The van der Waals surface area contributed by atoms with Gasteiger partial charge in [-0.3, -0.25) is 14.2 Å². The molecule has 0 radical (unpaired) electrons. The first-order valence-electron chi connectivity index (χ1n) is 9.43. The van der Waals surface area contributed by atoms with Gasteiger partial charge in [-0.2, -0.15) is 0 Å². The maximum Gasteiger partial charge on any atom is 0.260 e. The van der Waals surface area contributed by atoms with Crippen molar-refractivity contribution >= 4 is 28.2 Å². The summed E-state index contributed by atoms with van der Waals surface area (Å²) in [7, 11) is 3.91. The van der Waals surface area contributed by atoms with Crippen LogP contribution in [0.2, 0.25) is 0 Å². The van der Waals surface area contributed by atoms with Gasteiger partial charge in [0.05, 0.1) is 0 Å². The summed E-state index contributed by atoms with van der Waals surface area (Å²) in [5.41, 5.74) is 7.46. The zero-order chi connectivity index (χ0) is 21.1. The number of nitrogens with two attached hydrogens (primary N) is 1. The van der Waals surface area contributed by atoms with E-state index in [1.807, 2.05) is 19.0 Å². The highest BCUT2D eigenvalue weighted by Gasteiger charge is 2.19. The molecule has 29 heavy (non-hydrogen) atoms. The summed E-state index contributed by atoms with van der Waals surface area (Å²) < 4.78 is 16.1. The molecule has 0 unspecified atom stereocenters. The molecule has 0 fully saturated rings. The Kier molecular flexibility index (Phi) is 5.98. The third-order valence-corrected chi connectivity index (χ3v) is 4.76. The van der Waals surface area contributed by atoms with E-state index in [4.69, 9.17) is 5.73 Å². The predicted molar refractivity (Wildman–Crippen MR) is 115 cm³/mol. The summed E-state index contributed by atoms with van der Waals surface area (Å²) in [4.78, 5) is 26.6. The zero-order valence-corrected chi connectivity index (χ0v) is 16.8. The first-order valence-corrected chi connectivity index (χ1v) is 9.43. The van der Waals surface area contributed by atoms with Crippen molar-refractivity contribution < 1.29 is 9.18 Å². The van der Waals surface area contributed by atoms with E-state index < -0.39 is 5.82 Å². The molecule has 3 rings (SSSR count). The quantitative estimate of drug-likeness (QED) is 0.670. The van der Waals surface area contributed by atoms with Gasteiger partial charge in [0.15, 0.2) is 0 Å². The van der Waals surface area contributed by atoms with Crippen LogP contribution >= 0.6 is 0 Å². The minimum atomic E-state index is -0.412. The highest BCUT2D eigenvalue weighted by molar-refractivity contribution is 6.03. The van der Waals surface area contributed by atoms with Crippen LogP contribution in [-0.2, 0) is 11.3 Å². The van der Waals surface area contributed by atoms with E-state index in [0.29, 0.717) is 40.6 Å². The Balaban J connectivity index is 2.28. The SMILES string of the molecule is CC(=O)Nc1ccc2c(-c3ccccc3F)c(N)n(CCCN(C)C)c(=O)c2c1. The van der Waals surface area contributed by atoms with Gasteiger partial charge in [0, 0.05) is 35.7 Å². The van der Waals surface area contributed by atoms with Crippen LogP contribution in [0.4, 0.5) is 15.9 Å². The summed E-state index contributed by atoms with van der Waals surface area (Å²) in [5, 5.41) is 3.62. The number of carbonyl (C=O) groups is 1.